The van der Waals surface area contributed by atoms with Gasteiger partial charge < -0.3 is 15.8 Å². The van der Waals surface area contributed by atoms with Crippen LogP contribution in [0, 0.1) is 0 Å². The van der Waals surface area contributed by atoms with Crippen molar-refractivity contribution >= 4 is 11.4 Å². The molecule has 0 bridgehead atoms. The van der Waals surface area contributed by atoms with Crippen LogP contribution in [0.1, 0.15) is 5.56 Å². The number of rotatable bonds is 4. The van der Waals surface area contributed by atoms with Crippen LogP contribution in [0.3, 0.4) is 0 Å². The Morgan fingerprint density at radius 3 is 2.85 bits per heavy atom. The number of benzene rings is 1. The summed E-state index contributed by atoms with van der Waals surface area (Å²) in [5.74, 6) is 0. The average molecular weight is 180 g/mol. The number of nitrogen functional groups attached to an aromatic ring is 1. The lowest BCUT2D eigenvalue weighted by Crippen LogP contribution is -2.02. The molecule has 72 valence electrons. The minimum atomic E-state index is 0.706. The molecule has 0 fully saturated rings. The summed E-state index contributed by atoms with van der Waals surface area (Å²) >= 11 is 0. The molecule has 0 atom stereocenters. The van der Waals surface area contributed by atoms with Crippen LogP contribution in [0.5, 0.6) is 0 Å². The molecule has 0 unspecified atom stereocenters. The lowest BCUT2D eigenvalue weighted by molar-refractivity contribution is 0.202. The number of anilines is 2. The maximum Gasteiger partial charge on any atom is 0.0583 e. The first-order valence-electron chi connectivity index (χ1n) is 4.33. The number of nitrogens with two attached hydrogens (primary N) is 1. The summed E-state index contributed by atoms with van der Waals surface area (Å²) in [6.45, 7) is 0.706. The fraction of sp³-hybridized carbons (Fsp3) is 0.400. The van der Waals surface area contributed by atoms with E-state index in [1.807, 2.05) is 25.2 Å². The van der Waals surface area contributed by atoms with E-state index >= 15 is 0 Å². The highest BCUT2D eigenvalue weighted by Crippen LogP contribution is 2.22. The van der Waals surface area contributed by atoms with Crippen molar-refractivity contribution < 1.29 is 4.74 Å². The third-order valence-corrected chi connectivity index (χ3v) is 2.04. The van der Waals surface area contributed by atoms with E-state index in [4.69, 9.17) is 10.5 Å². The molecule has 3 nitrogen and oxygen atoms in total. The molecule has 0 amide bonds. The van der Waals surface area contributed by atoms with E-state index in [0.717, 1.165) is 23.4 Å². The number of hydrogen-bond donors (Lipinski definition) is 2. The van der Waals surface area contributed by atoms with Crippen molar-refractivity contribution in [3.63, 3.8) is 0 Å². The maximum absolute atomic E-state index is 5.92. The average Bonchev–Trinajstić information content (AvgIpc) is 2.16. The van der Waals surface area contributed by atoms with E-state index < -0.39 is 0 Å². The molecule has 0 aliphatic rings. The van der Waals surface area contributed by atoms with Crippen molar-refractivity contribution in [2.24, 2.45) is 0 Å². The van der Waals surface area contributed by atoms with Gasteiger partial charge in [0.1, 0.15) is 0 Å². The van der Waals surface area contributed by atoms with Gasteiger partial charge in [-0.05, 0) is 18.1 Å². The van der Waals surface area contributed by atoms with Crippen LogP contribution in [-0.2, 0) is 11.2 Å². The summed E-state index contributed by atoms with van der Waals surface area (Å²) in [4.78, 5) is 0. The van der Waals surface area contributed by atoms with Crippen molar-refractivity contribution in [3.05, 3.63) is 23.8 Å². The molecule has 0 heterocycles. The predicted molar refractivity (Wildman–Crippen MR) is 56.0 cm³/mol. The molecule has 0 spiro atoms. The van der Waals surface area contributed by atoms with E-state index in [1.54, 1.807) is 7.11 Å². The molecule has 0 aliphatic heterocycles. The molecule has 0 aliphatic carbocycles. The van der Waals surface area contributed by atoms with Gasteiger partial charge in [-0.2, -0.15) is 0 Å². The summed E-state index contributed by atoms with van der Waals surface area (Å²) in [5.41, 5.74) is 8.85. The van der Waals surface area contributed by atoms with Gasteiger partial charge in [-0.25, -0.2) is 0 Å². The molecule has 1 rings (SSSR count). The smallest absolute Gasteiger partial charge is 0.0583 e. The predicted octanol–water partition coefficient (Wildman–Crippen LogP) is 1.50. The quantitative estimate of drug-likeness (QED) is 0.690. The fourth-order valence-electron chi connectivity index (χ4n) is 1.26. The van der Waals surface area contributed by atoms with Gasteiger partial charge >= 0.3 is 0 Å². The van der Waals surface area contributed by atoms with E-state index in [0.29, 0.717) is 6.61 Å². The minimum absolute atomic E-state index is 0.706. The second-order valence-corrected chi connectivity index (χ2v) is 2.87. The van der Waals surface area contributed by atoms with E-state index in [9.17, 15) is 0 Å². The van der Waals surface area contributed by atoms with Crippen molar-refractivity contribution in [1.29, 1.82) is 0 Å². The standard InChI is InChI=1S/C10H16N2O/c1-12-9-5-3-4-8(10(9)11)6-7-13-2/h3-5,12H,6-7,11H2,1-2H3. The molecule has 0 radical (unpaired) electrons. The van der Waals surface area contributed by atoms with Gasteiger partial charge in [0.2, 0.25) is 0 Å². The van der Waals surface area contributed by atoms with Crippen LogP contribution in [-0.4, -0.2) is 20.8 Å². The molecule has 0 saturated carbocycles. The second kappa shape index (κ2) is 4.72. The highest BCUT2D eigenvalue weighted by atomic mass is 16.5. The number of hydrogen-bond acceptors (Lipinski definition) is 3. The van der Waals surface area contributed by atoms with E-state index in [1.165, 1.54) is 0 Å². The SMILES string of the molecule is CNc1cccc(CCOC)c1N. The molecule has 1 aromatic rings. The van der Waals surface area contributed by atoms with Crippen molar-refractivity contribution in [2.75, 3.05) is 31.8 Å². The largest absolute Gasteiger partial charge is 0.397 e. The first-order valence-corrected chi connectivity index (χ1v) is 4.33. The van der Waals surface area contributed by atoms with Gasteiger partial charge in [0.25, 0.3) is 0 Å². The Hall–Kier alpha value is -1.22. The molecule has 0 aromatic heterocycles. The summed E-state index contributed by atoms with van der Waals surface area (Å²) in [6.07, 6.45) is 0.859. The van der Waals surface area contributed by atoms with Gasteiger partial charge in [-0.15, -0.1) is 0 Å². The Balaban J connectivity index is 2.81. The zero-order chi connectivity index (χ0) is 9.68. The fourth-order valence-corrected chi connectivity index (χ4v) is 1.26. The summed E-state index contributed by atoms with van der Waals surface area (Å²) in [6, 6.07) is 5.98. The van der Waals surface area contributed by atoms with Gasteiger partial charge in [0.15, 0.2) is 0 Å². The highest BCUT2D eigenvalue weighted by Gasteiger charge is 2.02. The van der Waals surface area contributed by atoms with E-state index in [2.05, 4.69) is 5.32 Å². The maximum atomic E-state index is 5.92. The molecule has 3 N–H and O–H groups in total. The van der Waals surface area contributed by atoms with Crippen LogP contribution in [0.15, 0.2) is 18.2 Å². The van der Waals surface area contributed by atoms with Crippen LogP contribution in [0.2, 0.25) is 0 Å². The summed E-state index contributed by atoms with van der Waals surface area (Å²) in [7, 11) is 3.56. The number of nitrogens with one attached hydrogen (secondary N) is 1. The number of para-hydroxylation sites is 1. The molecular formula is C10H16N2O. The Morgan fingerprint density at radius 1 is 1.46 bits per heavy atom. The van der Waals surface area contributed by atoms with Crippen LogP contribution < -0.4 is 11.1 Å². The molecular weight excluding hydrogens is 164 g/mol. The van der Waals surface area contributed by atoms with Gasteiger partial charge in [-0.3, -0.25) is 0 Å². The lowest BCUT2D eigenvalue weighted by Gasteiger charge is -2.09. The summed E-state index contributed by atoms with van der Waals surface area (Å²) in [5, 5.41) is 3.05. The number of ether oxygens (including phenoxy) is 1. The van der Waals surface area contributed by atoms with Crippen LogP contribution >= 0.6 is 0 Å². The lowest BCUT2D eigenvalue weighted by atomic mass is 10.1. The van der Waals surface area contributed by atoms with Crippen LogP contribution in [0.4, 0.5) is 11.4 Å². The van der Waals surface area contributed by atoms with Gasteiger partial charge in [0, 0.05) is 14.2 Å². The molecule has 0 saturated heterocycles. The third kappa shape index (κ3) is 2.36. The first kappa shape index (κ1) is 9.86. The van der Waals surface area contributed by atoms with Gasteiger partial charge in [0.05, 0.1) is 18.0 Å². The minimum Gasteiger partial charge on any atom is -0.397 e. The first-order chi connectivity index (χ1) is 6.29. The van der Waals surface area contributed by atoms with Crippen molar-refractivity contribution in [1.82, 2.24) is 0 Å². The Morgan fingerprint density at radius 2 is 2.23 bits per heavy atom. The zero-order valence-corrected chi connectivity index (χ0v) is 8.13. The second-order valence-electron chi connectivity index (χ2n) is 2.87. The normalized spacial score (nSPS) is 10.0. The highest BCUT2D eigenvalue weighted by molar-refractivity contribution is 5.69. The molecule has 1 aromatic carbocycles. The number of methoxy groups -OCH3 is 1. The van der Waals surface area contributed by atoms with Crippen LogP contribution in [0.25, 0.3) is 0 Å². The molecule has 3 heteroatoms. The Kier molecular flexibility index (Phi) is 3.58. The Bertz CT molecular complexity index is 274. The van der Waals surface area contributed by atoms with Gasteiger partial charge in [-0.1, -0.05) is 12.1 Å². The Labute approximate surface area is 78.9 Å². The summed E-state index contributed by atoms with van der Waals surface area (Å²) < 4.78 is 5.00. The monoisotopic (exact) mass is 180 g/mol. The van der Waals surface area contributed by atoms with Crippen molar-refractivity contribution in [3.8, 4) is 0 Å². The zero-order valence-electron chi connectivity index (χ0n) is 8.13. The van der Waals surface area contributed by atoms with Crippen molar-refractivity contribution in [2.45, 2.75) is 6.42 Å². The third-order valence-electron chi connectivity index (χ3n) is 2.04. The van der Waals surface area contributed by atoms with E-state index in [-0.39, 0.29) is 0 Å². The molecule has 13 heavy (non-hydrogen) atoms. The topological polar surface area (TPSA) is 47.3 Å².